The Hall–Kier alpha value is -1.12. The van der Waals surface area contributed by atoms with Crippen LogP contribution < -0.4 is 5.32 Å². The van der Waals surface area contributed by atoms with Gasteiger partial charge >= 0.3 is 5.97 Å². The molecule has 2 atom stereocenters. The molecule has 1 fully saturated rings. The number of nitrogens with zero attached hydrogens (tertiary/aromatic N) is 1. The second kappa shape index (κ2) is 7.41. The molecule has 1 aromatic rings. The fourth-order valence-electron chi connectivity index (χ4n) is 3.09. The number of carbonyl (C=O) groups is 2. The fourth-order valence-corrected chi connectivity index (χ4v) is 4.37. The predicted molar refractivity (Wildman–Crippen MR) is 96.8 cm³/mol. The van der Waals surface area contributed by atoms with Gasteiger partial charge in [0.2, 0.25) is 0 Å². The highest BCUT2D eigenvalue weighted by molar-refractivity contribution is 9.11. The quantitative estimate of drug-likeness (QED) is 0.583. The number of phenols is 1. The van der Waals surface area contributed by atoms with Gasteiger partial charge in [-0.3, -0.25) is 4.79 Å². The first-order chi connectivity index (χ1) is 11.1. The number of hydrogen-bond donors (Lipinski definition) is 3. The lowest BCUT2D eigenvalue weighted by Crippen LogP contribution is -2.55. The number of amides is 1. The van der Waals surface area contributed by atoms with Gasteiger partial charge in [0.25, 0.3) is 5.91 Å². The molecule has 1 aliphatic rings. The maximum Gasteiger partial charge on any atom is 0.326 e. The molecule has 0 saturated carbocycles. The number of carbonyl (C=O) groups excluding carboxylic acids is 1. The van der Waals surface area contributed by atoms with Crippen LogP contribution in [0.1, 0.15) is 18.4 Å². The zero-order valence-electron chi connectivity index (χ0n) is 13.6. The Morgan fingerprint density at radius 2 is 1.92 bits per heavy atom. The Morgan fingerprint density at radius 3 is 2.38 bits per heavy atom. The Kier molecular flexibility index (Phi) is 5.93. The molecule has 0 spiro atoms. The summed E-state index contributed by atoms with van der Waals surface area (Å²) in [6.07, 6.45) is 1.86. The van der Waals surface area contributed by atoms with Gasteiger partial charge in [-0.15, -0.1) is 0 Å². The third-order valence-corrected chi connectivity index (χ3v) is 5.70. The third kappa shape index (κ3) is 4.29. The van der Waals surface area contributed by atoms with Crippen molar-refractivity contribution in [2.75, 3.05) is 20.6 Å². The number of likely N-dealkylation sites (tertiary alicyclic amines) is 1. The van der Waals surface area contributed by atoms with Crippen LogP contribution in [0.5, 0.6) is 5.75 Å². The van der Waals surface area contributed by atoms with Crippen molar-refractivity contribution in [1.82, 2.24) is 5.32 Å². The van der Waals surface area contributed by atoms with E-state index in [9.17, 15) is 19.8 Å². The molecule has 6 nitrogen and oxygen atoms in total. The number of nitrogens with one attached hydrogen (secondary N) is 1. The molecule has 2 rings (SSSR count). The normalized spacial score (nSPS) is 20.6. The van der Waals surface area contributed by atoms with Gasteiger partial charge in [0.05, 0.1) is 29.6 Å². The number of benzene rings is 1. The van der Waals surface area contributed by atoms with E-state index in [-0.39, 0.29) is 24.1 Å². The lowest BCUT2D eigenvalue weighted by atomic mass is 10.0. The molecule has 0 radical (unpaired) electrons. The van der Waals surface area contributed by atoms with E-state index in [2.05, 4.69) is 37.2 Å². The van der Waals surface area contributed by atoms with Crippen LogP contribution in [0.15, 0.2) is 21.1 Å². The molecule has 1 aliphatic heterocycles. The first-order valence-corrected chi connectivity index (χ1v) is 9.23. The number of hydrogen-bond acceptors (Lipinski definition) is 3. The smallest absolute Gasteiger partial charge is 0.326 e. The van der Waals surface area contributed by atoms with Crippen LogP contribution in [0.3, 0.4) is 0 Å². The van der Waals surface area contributed by atoms with Crippen molar-refractivity contribution in [3.8, 4) is 5.75 Å². The van der Waals surface area contributed by atoms with Crippen molar-refractivity contribution in [1.29, 1.82) is 0 Å². The van der Waals surface area contributed by atoms with Crippen LogP contribution in [-0.2, 0) is 16.0 Å². The number of carboxylic acids is 1. The summed E-state index contributed by atoms with van der Waals surface area (Å²) in [5.74, 6) is -1.24. The Bertz CT molecular complexity index is 640. The van der Waals surface area contributed by atoms with Gasteiger partial charge < -0.3 is 20.0 Å². The van der Waals surface area contributed by atoms with Crippen molar-refractivity contribution in [2.24, 2.45) is 0 Å². The monoisotopic (exact) mass is 463 g/mol. The van der Waals surface area contributed by atoms with E-state index < -0.39 is 12.0 Å². The highest BCUT2D eigenvalue weighted by Crippen LogP contribution is 2.33. The standard InChI is InChI=1S/C16H20Br2N2O4/c1-20(2)5-3-4-13(20)15(22)19-12(16(23)24)8-9-6-10(17)14(21)11(18)7-9/h6-7,12-13H,3-5,8H2,1-2H3,(H2-,19,21,22,23,24)/p+1/t12-,13+/m0/s1. The molecule has 1 amide bonds. The highest BCUT2D eigenvalue weighted by Gasteiger charge is 2.40. The zero-order valence-corrected chi connectivity index (χ0v) is 16.7. The Balaban J connectivity index is 2.13. The van der Waals surface area contributed by atoms with Gasteiger partial charge in [0.15, 0.2) is 6.04 Å². The second-order valence-corrected chi connectivity index (χ2v) is 8.38. The summed E-state index contributed by atoms with van der Waals surface area (Å²) in [6.45, 7) is 0.910. The summed E-state index contributed by atoms with van der Waals surface area (Å²) >= 11 is 6.45. The maximum absolute atomic E-state index is 12.5. The largest absolute Gasteiger partial charge is 0.506 e. The van der Waals surface area contributed by atoms with Crippen molar-refractivity contribution in [3.05, 3.63) is 26.6 Å². The average Bonchev–Trinajstić information content (AvgIpc) is 2.83. The molecule has 132 valence electrons. The van der Waals surface area contributed by atoms with E-state index in [4.69, 9.17) is 0 Å². The molecule has 0 bridgehead atoms. The average molecular weight is 465 g/mol. The van der Waals surface area contributed by atoms with E-state index in [1.165, 1.54) is 0 Å². The summed E-state index contributed by atoms with van der Waals surface area (Å²) in [7, 11) is 3.97. The Labute approximate surface area is 157 Å². The van der Waals surface area contributed by atoms with Gasteiger partial charge in [-0.2, -0.15) is 0 Å². The summed E-state index contributed by atoms with van der Waals surface area (Å²) in [5.41, 5.74) is 0.694. The van der Waals surface area contributed by atoms with Crippen LogP contribution in [-0.4, -0.2) is 59.3 Å². The number of likely N-dealkylation sites (N-methyl/N-ethyl adjacent to an activating group) is 1. The minimum Gasteiger partial charge on any atom is -0.506 e. The van der Waals surface area contributed by atoms with Crippen molar-refractivity contribution in [3.63, 3.8) is 0 Å². The Morgan fingerprint density at radius 1 is 1.33 bits per heavy atom. The molecule has 0 aliphatic carbocycles. The minimum atomic E-state index is -1.08. The summed E-state index contributed by atoms with van der Waals surface area (Å²) in [5, 5.41) is 21.9. The highest BCUT2D eigenvalue weighted by atomic mass is 79.9. The van der Waals surface area contributed by atoms with Gasteiger partial charge in [-0.05, 0) is 49.6 Å². The molecule has 1 saturated heterocycles. The predicted octanol–water partition coefficient (Wildman–Crippen LogP) is 2.27. The number of aromatic hydroxyl groups is 1. The summed E-state index contributed by atoms with van der Waals surface area (Å²) in [4.78, 5) is 24.1. The van der Waals surface area contributed by atoms with Crippen LogP contribution in [0, 0.1) is 0 Å². The zero-order chi connectivity index (χ0) is 18.1. The number of phenolic OH excluding ortho intramolecular Hbond substituents is 1. The van der Waals surface area contributed by atoms with E-state index >= 15 is 0 Å². The van der Waals surface area contributed by atoms with Gasteiger partial charge in [0.1, 0.15) is 11.8 Å². The molecule has 0 aromatic heterocycles. The molecule has 8 heteroatoms. The first kappa shape index (κ1) is 19.2. The fraction of sp³-hybridized carbons (Fsp3) is 0.500. The number of aliphatic carboxylic acids is 1. The van der Waals surface area contributed by atoms with Crippen LogP contribution >= 0.6 is 31.9 Å². The lowest BCUT2D eigenvalue weighted by Gasteiger charge is -2.31. The summed E-state index contributed by atoms with van der Waals surface area (Å²) in [6, 6.07) is 2.07. The van der Waals surface area contributed by atoms with E-state index in [1.54, 1.807) is 12.1 Å². The number of carboxylic acid groups (broad SMARTS) is 1. The molecule has 1 heterocycles. The van der Waals surface area contributed by atoms with E-state index in [0.717, 1.165) is 19.4 Å². The van der Waals surface area contributed by atoms with Crippen molar-refractivity contribution < 1.29 is 24.3 Å². The lowest BCUT2D eigenvalue weighted by molar-refractivity contribution is -0.893. The van der Waals surface area contributed by atoms with Gasteiger partial charge in [-0.1, -0.05) is 0 Å². The molecule has 3 N–H and O–H groups in total. The van der Waals surface area contributed by atoms with Crippen LogP contribution in [0.25, 0.3) is 0 Å². The SMILES string of the molecule is C[N+]1(C)CCC[C@@H]1C(=O)N[C@@H](Cc1cc(Br)c(O)c(Br)c1)C(=O)O. The first-order valence-electron chi connectivity index (χ1n) is 7.64. The summed E-state index contributed by atoms with van der Waals surface area (Å²) < 4.78 is 1.51. The van der Waals surface area contributed by atoms with Crippen molar-refractivity contribution in [2.45, 2.75) is 31.3 Å². The van der Waals surface area contributed by atoms with Crippen molar-refractivity contribution >= 4 is 43.7 Å². The molecule has 1 aromatic carbocycles. The molecular weight excluding hydrogens is 444 g/mol. The molecular formula is C16H21Br2N2O4+. The van der Waals surface area contributed by atoms with Gasteiger partial charge in [0, 0.05) is 19.3 Å². The number of quaternary nitrogens is 1. The maximum atomic E-state index is 12.5. The van der Waals surface area contributed by atoms with E-state index in [0.29, 0.717) is 19.0 Å². The molecule has 0 unspecified atom stereocenters. The van der Waals surface area contributed by atoms with Crippen LogP contribution in [0.4, 0.5) is 0 Å². The van der Waals surface area contributed by atoms with E-state index in [1.807, 2.05) is 14.1 Å². The van der Waals surface area contributed by atoms with Crippen LogP contribution in [0.2, 0.25) is 0 Å². The van der Waals surface area contributed by atoms with Gasteiger partial charge in [-0.25, -0.2) is 4.79 Å². The number of rotatable bonds is 5. The topological polar surface area (TPSA) is 86.6 Å². The second-order valence-electron chi connectivity index (χ2n) is 6.67. The molecule has 24 heavy (non-hydrogen) atoms. The third-order valence-electron chi connectivity index (χ3n) is 4.49. The minimum absolute atomic E-state index is 0.0552. The number of halogens is 2.